The van der Waals surface area contributed by atoms with Gasteiger partial charge in [-0.2, -0.15) is 0 Å². The van der Waals surface area contributed by atoms with Crippen LogP contribution in [0.15, 0.2) is 35.4 Å². The number of hydrogen-bond acceptors (Lipinski definition) is 2. The summed E-state index contributed by atoms with van der Waals surface area (Å²) in [6.45, 7) is 8.84. The van der Waals surface area contributed by atoms with Crippen LogP contribution in [0.2, 0.25) is 0 Å². The van der Waals surface area contributed by atoms with Crippen molar-refractivity contribution in [1.29, 1.82) is 0 Å². The van der Waals surface area contributed by atoms with Crippen molar-refractivity contribution in [3.8, 4) is 11.5 Å². The lowest BCUT2D eigenvalue weighted by molar-refractivity contribution is 0.226. The highest BCUT2D eigenvalue weighted by Crippen LogP contribution is 2.37. The monoisotopic (exact) mass is 300 g/mol. The van der Waals surface area contributed by atoms with Gasteiger partial charge in [0.2, 0.25) is 0 Å². The Morgan fingerprint density at radius 1 is 1.36 bits per heavy atom. The summed E-state index contributed by atoms with van der Waals surface area (Å²) >= 11 is 0. The lowest BCUT2D eigenvalue weighted by Gasteiger charge is -2.25. The Balaban J connectivity index is 1.96. The summed E-state index contributed by atoms with van der Waals surface area (Å²) in [5.74, 6) is 1.62. The van der Waals surface area contributed by atoms with E-state index < -0.39 is 0 Å². The van der Waals surface area contributed by atoms with E-state index in [1.807, 2.05) is 12.1 Å². The Labute approximate surface area is 134 Å². The molecule has 2 heteroatoms. The SMILES string of the molecule is CC(=CCC1Oc2c(O)cccc2C=C1C)CCCC(C)C. The molecular weight excluding hydrogens is 272 g/mol. The second-order valence-corrected chi connectivity index (χ2v) is 6.76. The molecule has 1 atom stereocenters. The van der Waals surface area contributed by atoms with E-state index >= 15 is 0 Å². The average molecular weight is 300 g/mol. The van der Waals surface area contributed by atoms with Crippen LogP contribution in [-0.2, 0) is 0 Å². The highest BCUT2D eigenvalue weighted by Gasteiger charge is 2.21. The van der Waals surface area contributed by atoms with E-state index in [0.717, 1.165) is 24.3 Å². The molecular formula is C20H28O2. The van der Waals surface area contributed by atoms with E-state index in [0.29, 0.717) is 5.75 Å². The molecule has 0 aliphatic carbocycles. The Morgan fingerprint density at radius 3 is 2.86 bits per heavy atom. The lowest BCUT2D eigenvalue weighted by Crippen LogP contribution is -2.20. The topological polar surface area (TPSA) is 29.5 Å². The molecule has 1 aromatic carbocycles. The summed E-state index contributed by atoms with van der Waals surface area (Å²) in [5.41, 5.74) is 3.61. The van der Waals surface area contributed by atoms with Crippen LogP contribution >= 0.6 is 0 Å². The van der Waals surface area contributed by atoms with E-state index in [9.17, 15) is 5.11 Å². The largest absolute Gasteiger partial charge is 0.504 e. The zero-order chi connectivity index (χ0) is 16.1. The number of benzene rings is 1. The predicted octanol–water partition coefficient (Wildman–Crippen LogP) is 5.72. The first-order valence-corrected chi connectivity index (χ1v) is 8.30. The third-order valence-electron chi connectivity index (χ3n) is 4.21. The molecule has 1 aromatic rings. The Bertz CT molecular complexity index is 567. The summed E-state index contributed by atoms with van der Waals surface area (Å²) in [5, 5.41) is 9.94. The van der Waals surface area contributed by atoms with E-state index in [2.05, 4.69) is 39.8 Å². The van der Waals surface area contributed by atoms with Crippen molar-refractivity contribution in [3.63, 3.8) is 0 Å². The molecule has 2 nitrogen and oxygen atoms in total. The van der Waals surface area contributed by atoms with Gasteiger partial charge in [0.15, 0.2) is 11.5 Å². The minimum atomic E-state index is 0.0286. The van der Waals surface area contributed by atoms with Crippen LogP contribution in [0.1, 0.15) is 58.9 Å². The van der Waals surface area contributed by atoms with Crippen LogP contribution in [-0.4, -0.2) is 11.2 Å². The van der Waals surface area contributed by atoms with Gasteiger partial charge in [-0.15, -0.1) is 0 Å². The van der Waals surface area contributed by atoms with E-state index in [1.54, 1.807) is 6.07 Å². The number of phenols is 1. The maximum absolute atomic E-state index is 9.94. The highest BCUT2D eigenvalue weighted by molar-refractivity contribution is 5.66. The van der Waals surface area contributed by atoms with Crippen LogP contribution < -0.4 is 4.74 Å². The first-order chi connectivity index (χ1) is 10.5. The second kappa shape index (κ2) is 7.53. The molecule has 0 bridgehead atoms. The van der Waals surface area contributed by atoms with Crippen molar-refractivity contribution in [2.45, 2.75) is 59.5 Å². The molecule has 1 heterocycles. The molecule has 1 N–H and O–H groups in total. The molecule has 0 spiro atoms. The average Bonchev–Trinajstić information content (AvgIpc) is 2.45. The normalized spacial score (nSPS) is 18.0. The Hall–Kier alpha value is -1.70. The van der Waals surface area contributed by atoms with Gasteiger partial charge in [0.05, 0.1) is 0 Å². The fraction of sp³-hybridized carbons (Fsp3) is 0.500. The molecule has 1 aliphatic heterocycles. The standard InChI is InChI=1S/C20H28O2/c1-14(2)7-5-8-15(3)11-12-19-16(4)13-17-9-6-10-18(21)20(17)22-19/h6,9-11,13-14,19,21H,5,7-8,12H2,1-4H3. The number of rotatable bonds is 6. The molecule has 0 fully saturated rings. The minimum absolute atomic E-state index is 0.0286. The predicted molar refractivity (Wildman–Crippen MR) is 93.2 cm³/mol. The highest BCUT2D eigenvalue weighted by atomic mass is 16.5. The summed E-state index contributed by atoms with van der Waals surface area (Å²) in [4.78, 5) is 0. The number of ether oxygens (including phenoxy) is 1. The second-order valence-electron chi connectivity index (χ2n) is 6.76. The molecule has 0 aromatic heterocycles. The van der Waals surface area contributed by atoms with E-state index in [-0.39, 0.29) is 11.9 Å². The molecule has 0 saturated heterocycles. The van der Waals surface area contributed by atoms with Crippen LogP contribution in [0.4, 0.5) is 0 Å². The first-order valence-electron chi connectivity index (χ1n) is 8.30. The summed E-state index contributed by atoms with van der Waals surface area (Å²) in [6, 6.07) is 5.50. The van der Waals surface area contributed by atoms with Gasteiger partial charge in [0, 0.05) is 12.0 Å². The zero-order valence-electron chi connectivity index (χ0n) is 14.2. The summed E-state index contributed by atoms with van der Waals surface area (Å²) < 4.78 is 6.01. The Morgan fingerprint density at radius 2 is 2.14 bits per heavy atom. The maximum Gasteiger partial charge on any atom is 0.169 e. The van der Waals surface area contributed by atoms with Gasteiger partial charge in [0.25, 0.3) is 0 Å². The van der Waals surface area contributed by atoms with Gasteiger partial charge in [-0.3, -0.25) is 0 Å². The third-order valence-corrected chi connectivity index (χ3v) is 4.21. The van der Waals surface area contributed by atoms with Crippen LogP contribution in [0.5, 0.6) is 11.5 Å². The molecule has 22 heavy (non-hydrogen) atoms. The smallest absolute Gasteiger partial charge is 0.169 e. The quantitative estimate of drug-likeness (QED) is 0.681. The van der Waals surface area contributed by atoms with Gasteiger partial charge in [-0.25, -0.2) is 0 Å². The molecule has 2 rings (SSSR count). The van der Waals surface area contributed by atoms with Gasteiger partial charge in [-0.05, 0) is 50.3 Å². The molecule has 0 amide bonds. The van der Waals surface area contributed by atoms with Crippen molar-refractivity contribution in [1.82, 2.24) is 0 Å². The number of fused-ring (bicyclic) bond motifs is 1. The Kier molecular flexibility index (Phi) is 5.70. The van der Waals surface area contributed by atoms with Crippen LogP contribution in [0, 0.1) is 5.92 Å². The van der Waals surface area contributed by atoms with E-state index in [4.69, 9.17) is 4.74 Å². The van der Waals surface area contributed by atoms with E-state index in [1.165, 1.54) is 24.0 Å². The van der Waals surface area contributed by atoms with Gasteiger partial charge >= 0.3 is 0 Å². The maximum atomic E-state index is 9.94. The first kappa shape index (κ1) is 16.7. The van der Waals surface area contributed by atoms with Crippen molar-refractivity contribution < 1.29 is 9.84 Å². The number of phenolic OH excluding ortho intramolecular Hbond substituents is 1. The van der Waals surface area contributed by atoms with Crippen molar-refractivity contribution >= 4 is 6.08 Å². The van der Waals surface area contributed by atoms with Gasteiger partial charge in [-0.1, -0.05) is 44.1 Å². The zero-order valence-corrected chi connectivity index (χ0v) is 14.2. The molecule has 1 unspecified atom stereocenters. The number of hydrogen-bond donors (Lipinski definition) is 1. The van der Waals surface area contributed by atoms with Crippen molar-refractivity contribution in [2.24, 2.45) is 5.92 Å². The van der Waals surface area contributed by atoms with Crippen LogP contribution in [0.3, 0.4) is 0 Å². The molecule has 120 valence electrons. The fourth-order valence-corrected chi connectivity index (χ4v) is 2.79. The number of aromatic hydroxyl groups is 1. The van der Waals surface area contributed by atoms with Gasteiger partial charge in [0.1, 0.15) is 6.10 Å². The van der Waals surface area contributed by atoms with Gasteiger partial charge < -0.3 is 9.84 Å². The number of allylic oxidation sites excluding steroid dienone is 1. The van der Waals surface area contributed by atoms with Crippen molar-refractivity contribution in [2.75, 3.05) is 0 Å². The van der Waals surface area contributed by atoms with Crippen LogP contribution in [0.25, 0.3) is 6.08 Å². The molecule has 0 radical (unpaired) electrons. The molecule has 1 aliphatic rings. The molecule has 0 saturated carbocycles. The summed E-state index contributed by atoms with van der Waals surface area (Å²) in [7, 11) is 0. The summed E-state index contributed by atoms with van der Waals surface area (Å²) in [6.07, 6.45) is 8.99. The van der Waals surface area contributed by atoms with Crippen molar-refractivity contribution in [3.05, 3.63) is 41.0 Å². The fourth-order valence-electron chi connectivity index (χ4n) is 2.79. The number of para-hydroxylation sites is 1. The lowest BCUT2D eigenvalue weighted by atomic mass is 9.98. The minimum Gasteiger partial charge on any atom is -0.504 e. The third kappa shape index (κ3) is 4.40.